The molecule has 0 saturated heterocycles. The first kappa shape index (κ1) is 23.7. The predicted octanol–water partition coefficient (Wildman–Crippen LogP) is -8.99. The van der Waals surface area contributed by atoms with Gasteiger partial charge in [0.25, 0.3) is 0 Å². The fourth-order valence-electron chi connectivity index (χ4n) is 0. The zero-order valence-electron chi connectivity index (χ0n) is 2.46. The van der Waals surface area contributed by atoms with Crippen molar-refractivity contribution < 1.29 is 145 Å². The van der Waals surface area contributed by atoms with E-state index >= 15 is 0 Å². The minimum Gasteiger partial charge on any atom is -1.00 e. The molecule has 0 heterocycles. The smallest absolute Gasteiger partial charge is 1.00 e. The first-order valence-corrected chi connectivity index (χ1v) is 0. The molecular weight excluding hydrogens is 587 g/mol. The quantitative estimate of drug-likeness (QED) is 0.195. The van der Waals surface area contributed by atoms with E-state index in [0.29, 0.717) is 0 Å². The van der Waals surface area contributed by atoms with Crippen molar-refractivity contribution in [3.63, 3.8) is 0 Å². The molecule has 0 atom stereocenters. The molecule has 0 fully saturated rings. The van der Waals surface area contributed by atoms with Crippen molar-refractivity contribution >= 4 is 0 Å². The van der Waals surface area contributed by atoms with Crippen molar-refractivity contribution in [1.82, 2.24) is 0 Å². The van der Waals surface area contributed by atoms with Crippen LogP contribution in [-0.4, -0.2) is 0 Å². The summed E-state index contributed by atoms with van der Waals surface area (Å²) in [5.41, 5.74) is 0. The number of rotatable bonds is 0. The van der Waals surface area contributed by atoms with Gasteiger partial charge in [0, 0.05) is 0 Å². The van der Waals surface area contributed by atoms with Gasteiger partial charge >= 0.3 is 96.6 Å². The number of hydrogen-bond donors (Lipinski definition) is 0. The molecule has 17 valence electrons. The second kappa shape index (κ2) is 15.7. The molecule has 0 aromatic heterocycles. The monoisotopic (exact) mass is 589 g/mol. The van der Waals surface area contributed by atoms with E-state index in [2.05, 4.69) is 0 Å². The molecule has 0 amide bonds. The van der Waals surface area contributed by atoms with E-state index in [1.165, 1.54) is 0 Å². The van der Waals surface area contributed by atoms with E-state index in [0.717, 1.165) is 0 Å². The molecule has 0 aromatic rings. The maximum absolute atomic E-state index is 0. The molecule has 1 radical (unpaired) electrons. The maximum atomic E-state index is 0. The summed E-state index contributed by atoms with van der Waals surface area (Å²) in [6, 6.07) is 0. The Kier molecular flexibility index (Phi) is 92.7. The van der Waals surface area contributed by atoms with E-state index in [4.69, 9.17) is 0 Å². The average molecular weight is 587 g/mol. The molecule has 4 heteroatoms. The van der Waals surface area contributed by atoms with Gasteiger partial charge in [-0.15, -0.1) is 0 Å². The number of halogens is 2. The van der Waals surface area contributed by atoms with E-state index in [1.807, 2.05) is 0 Å². The van der Waals surface area contributed by atoms with Gasteiger partial charge in [-0.2, -0.15) is 0 Å². The molecule has 0 aromatic carbocycles. The summed E-state index contributed by atoms with van der Waals surface area (Å²) in [6.45, 7) is 0. The van der Waals surface area contributed by atoms with Crippen LogP contribution in [0.25, 0.3) is 0 Å². The summed E-state index contributed by atoms with van der Waals surface area (Å²) in [6.07, 6.45) is 0. The van der Waals surface area contributed by atoms with Crippen molar-refractivity contribution in [2.75, 3.05) is 0 Å². The Morgan fingerprint density at radius 3 is 0.750 bits per heavy atom. The standard InChI is InChI=1S/Cs.Hg.2HI/h;;2*1H/q2*+1;;/p-2. The third kappa shape index (κ3) is 9.67. The fourth-order valence-corrected chi connectivity index (χ4v) is 0. The second-order valence-corrected chi connectivity index (χ2v) is 0. The summed E-state index contributed by atoms with van der Waals surface area (Å²) in [5, 5.41) is 0. The minimum absolute atomic E-state index is 0. The van der Waals surface area contributed by atoms with Gasteiger partial charge in [0.05, 0.1) is 0 Å². The van der Waals surface area contributed by atoms with E-state index in [-0.39, 0.29) is 145 Å². The molecular formula is CsHgI2. The van der Waals surface area contributed by atoms with Crippen LogP contribution in [0.2, 0.25) is 0 Å². The Bertz CT molecular complexity index is 6.00. The topological polar surface area (TPSA) is 0 Å². The minimum atomic E-state index is 0. The second-order valence-electron chi connectivity index (χ2n) is 0. The first-order valence-electron chi connectivity index (χ1n) is 0. The molecule has 0 bridgehead atoms. The normalized spacial score (nSPS) is 0. The summed E-state index contributed by atoms with van der Waals surface area (Å²) in [4.78, 5) is 0. The molecule has 0 aliphatic heterocycles. The van der Waals surface area contributed by atoms with Crippen LogP contribution in [0, 0.1) is 0 Å². The van der Waals surface area contributed by atoms with Crippen LogP contribution in [0.15, 0.2) is 0 Å². The summed E-state index contributed by atoms with van der Waals surface area (Å²) in [7, 11) is 0. The van der Waals surface area contributed by atoms with Gasteiger partial charge < -0.3 is 48.0 Å². The number of hydrogen-bond acceptors (Lipinski definition) is 0. The molecule has 0 aliphatic carbocycles. The molecule has 0 saturated carbocycles. The van der Waals surface area contributed by atoms with Gasteiger partial charge in [-0.25, -0.2) is 0 Å². The molecule has 0 spiro atoms. The van der Waals surface area contributed by atoms with Gasteiger partial charge in [-0.3, -0.25) is 0 Å². The van der Waals surface area contributed by atoms with Crippen LogP contribution in [-0.2, 0) is 27.7 Å². The maximum Gasteiger partial charge on any atom is 1.00 e. The Labute approximate surface area is 140 Å². The van der Waals surface area contributed by atoms with E-state index in [9.17, 15) is 0 Å². The summed E-state index contributed by atoms with van der Waals surface area (Å²) < 4.78 is 0. The Balaban J connectivity index is 0. The SMILES string of the molecule is [Cs+].[Hg+].[I-].[I-]. The summed E-state index contributed by atoms with van der Waals surface area (Å²) >= 11 is 0. The molecule has 0 rings (SSSR count). The third-order valence-electron chi connectivity index (χ3n) is 0. The average Bonchev–Trinajstić information content (AvgIpc) is 0. The van der Waals surface area contributed by atoms with Gasteiger partial charge in [-0.1, -0.05) is 0 Å². The molecule has 0 N–H and O–H groups in total. The van der Waals surface area contributed by atoms with Crippen LogP contribution in [0.1, 0.15) is 0 Å². The Hall–Kier alpha value is 4.45. The largest absolute Gasteiger partial charge is 1.00 e. The van der Waals surface area contributed by atoms with Crippen LogP contribution >= 0.6 is 0 Å². The summed E-state index contributed by atoms with van der Waals surface area (Å²) in [5.74, 6) is 0. The van der Waals surface area contributed by atoms with E-state index < -0.39 is 0 Å². The van der Waals surface area contributed by atoms with Crippen molar-refractivity contribution in [2.45, 2.75) is 0 Å². The van der Waals surface area contributed by atoms with Gasteiger partial charge in [0.1, 0.15) is 0 Å². The predicted molar refractivity (Wildman–Crippen MR) is 0 cm³/mol. The Morgan fingerprint density at radius 2 is 0.750 bits per heavy atom. The van der Waals surface area contributed by atoms with Crippen LogP contribution in [0.3, 0.4) is 0 Å². The Morgan fingerprint density at radius 1 is 0.750 bits per heavy atom. The zero-order valence-corrected chi connectivity index (χ0v) is 18.6. The molecule has 0 aliphatic rings. The fraction of sp³-hybridized carbons (Fsp3) is 0. The molecule has 0 unspecified atom stereocenters. The van der Waals surface area contributed by atoms with Gasteiger partial charge in [0.2, 0.25) is 0 Å². The van der Waals surface area contributed by atoms with Gasteiger partial charge in [0.15, 0.2) is 0 Å². The molecule has 0 nitrogen and oxygen atoms in total. The van der Waals surface area contributed by atoms with Crippen LogP contribution < -0.4 is 117 Å². The van der Waals surface area contributed by atoms with E-state index in [1.54, 1.807) is 0 Å². The first-order chi connectivity index (χ1) is 0. The third-order valence-corrected chi connectivity index (χ3v) is 0. The van der Waals surface area contributed by atoms with Crippen molar-refractivity contribution in [2.24, 2.45) is 0 Å². The van der Waals surface area contributed by atoms with Crippen LogP contribution in [0.4, 0.5) is 0 Å². The van der Waals surface area contributed by atoms with Gasteiger partial charge in [-0.05, 0) is 0 Å². The van der Waals surface area contributed by atoms with Crippen molar-refractivity contribution in [1.29, 1.82) is 0 Å². The van der Waals surface area contributed by atoms with Crippen LogP contribution in [0.5, 0.6) is 0 Å². The van der Waals surface area contributed by atoms with Crippen molar-refractivity contribution in [3.8, 4) is 0 Å². The zero-order chi connectivity index (χ0) is 0. The van der Waals surface area contributed by atoms with Crippen molar-refractivity contribution in [3.05, 3.63) is 0 Å². The molecule has 4 heavy (non-hydrogen) atoms.